The summed E-state index contributed by atoms with van der Waals surface area (Å²) in [7, 11) is 0. The van der Waals surface area contributed by atoms with Crippen molar-refractivity contribution < 1.29 is 0 Å². The molecule has 0 spiro atoms. The molecular formula is C19H23N3O2S. The second-order valence-corrected chi connectivity index (χ2v) is 8.07. The molecule has 3 aromatic rings. The molecule has 1 fully saturated rings. The molecular weight excluding hydrogens is 334 g/mol. The summed E-state index contributed by atoms with van der Waals surface area (Å²) >= 11 is 1.27. The molecule has 1 unspecified atom stereocenters. The number of pyridine rings is 2. The highest BCUT2D eigenvalue weighted by atomic mass is 32.1. The smallest absolute Gasteiger partial charge is 0.271 e. The molecule has 0 saturated carbocycles. The van der Waals surface area contributed by atoms with E-state index in [1.54, 1.807) is 4.40 Å². The first-order valence-electron chi connectivity index (χ1n) is 8.94. The van der Waals surface area contributed by atoms with Gasteiger partial charge in [0.2, 0.25) is 0 Å². The zero-order chi connectivity index (χ0) is 17.7. The standard InChI is InChI=1S/C19H23N3O2S/c1-4-14-15-9-13(21-7-5-12(10-21)11(2)3)6-8-22(15)19(24)16-17(14)25-20-18(16)23/h6,8-9,11-12H,4-5,7,10H2,1-3H3,(H,20,23). The van der Waals surface area contributed by atoms with Crippen LogP contribution in [-0.4, -0.2) is 21.9 Å². The van der Waals surface area contributed by atoms with Crippen LogP contribution in [0.5, 0.6) is 0 Å². The molecule has 1 aliphatic heterocycles. The summed E-state index contributed by atoms with van der Waals surface area (Å²) in [6.45, 7) is 8.77. The van der Waals surface area contributed by atoms with E-state index in [9.17, 15) is 9.59 Å². The van der Waals surface area contributed by atoms with Gasteiger partial charge in [0.05, 0.1) is 10.2 Å². The molecule has 6 heteroatoms. The molecule has 0 aromatic carbocycles. The van der Waals surface area contributed by atoms with Crippen LogP contribution in [0, 0.1) is 11.8 Å². The maximum Gasteiger partial charge on any atom is 0.271 e. The predicted octanol–water partition coefficient (Wildman–Crippen LogP) is 3.25. The van der Waals surface area contributed by atoms with Gasteiger partial charge < -0.3 is 4.90 Å². The lowest BCUT2D eigenvalue weighted by Crippen LogP contribution is -2.23. The van der Waals surface area contributed by atoms with Crippen LogP contribution in [0.25, 0.3) is 15.6 Å². The molecule has 1 aliphatic rings. The van der Waals surface area contributed by atoms with Gasteiger partial charge in [0.15, 0.2) is 0 Å². The Morgan fingerprint density at radius 3 is 2.84 bits per heavy atom. The molecule has 0 bridgehead atoms. The van der Waals surface area contributed by atoms with E-state index in [4.69, 9.17) is 0 Å². The monoisotopic (exact) mass is 357 g/mol. The van der Waals surface area contributed by atoms with Crippen LogP contribution >= 0.6 is 11.5 Å². The lowest BCUT2D eigenvalue weighted by molar-refractivity contribution is 0.423. The zero-order valence-electron chi connectivity index (χ0n) is 14.8. The maximum atomic E-state index is 12.7. The molecule has 3 aromatic heterocycles. The number of aryl methyl sites for hydroxylation is 1. The summed E-state index contributed by atoms with van der Waals surface area (Å²) in [6, 6.07) is 4.12. The lowest BCUT2D eigenvalue weighted by atomic mass is 9.95. The minimum atomic E-state index is -0.280. The molecule has 4 heterocycles. The average Bonchev–Trinajstić information content (AvgIpc) is 3.23. The van der Waals surface area contributed by atoms with Crippen molar-refractivity contribution in [3.63, 3.8) is 0 Å². The number of nitrogens with one attached hydrogen (secondary N) is 1. The summed E-state index contributed by atoms with van der Waals surface area (Å²) in [4.78, 5) is 27.2. The second kappa shape index (κ2) is 6.02. The summed E-state index contributed by atoms with van der Waals surface area (Å²) in [6.07, 6.45) is 3.83. The highest BCUT2D eigenvalue weighted by Gasteiger charge is 2.25. The van der Waals surface area contributed by atoms with Gasteiger partial charge in [-0.2, -0.15) is 0 Å². The molecule has 0 aliphatic carbocycles. The van der Waals surface area contributed by atoms with Crippen LogP contribution in [0.1, 0.15) is 32.8 Å². The van der Waals surface area contributed by atoms with E-state index in [0.717, 1.165) is 41.2 Å². The van der Waals surface area contributed by atoms with E-state index in [2.05, 4.69) is 36.1 Å². The highest BCUT2D eigenvalue weighted by molar-refractivity contribution is 7.13. The Morgan fingerprint density at radius 1 is 1.36 bits per heavy atom. The van der Waals surface area contributed by atoms with E-state index < -0.39 is 0 Å². The van der Waals surface area contributed by atoms with E-state index in [1.165, 1.54) is 23.6 Å². The van der Waals surface area contributed by atoms with Crippen molar-refractivity contribution >= 4 is 32.8 Å². The van der Waals surface area contributed by atoms with Crippen molar-refractivity contribution in [2.45, 2.75) is 33.6 Å². The van der Waals surface area contributed by atoms with Gasteiger partial charge in [-0.25, -0.2) is 0 Å². The largest absolute Gasteiger partial charge is 0.371 e. The number of rotatable bonds is 3. The molecule has 132 valence electrons. The second-order valence-electron chi connectivity index (χ2n) is 7.25. The van der Waals surface area contributed by atoms with Gasteiger partial charge in [0, 0.05) is 25.0 Å². The minimum Gasteiger partial charge on any atom is -0.371 e. The Labute approximate surface area is 150 Å². The summed E-state index contributed by atoms with van der Waals surface area (Å²) in [5.74, 6) is 1.41. The van der Waals surface area contributed by atoms with Gasteiger partial charge >= 0.3 is 0 Å². The van der Waals surface area contributed by atoms with Gasteiger partial charge in [-0.3, -0.25) is 18.4 Å². The minimum absolute atomic E-state index is 0.224. The number of hydrogen-bond donors (Lipinski definition) is 1. The van der Waals surface area contributed by atoms with Crippen LogP contribution in [0.3, 0.4) is 0 Å². The Morgan fingerprint density at radius 2 is 2.16 bits per heavy atom. The maximum absolute atomic E-state index is 12.7. The van der Waals surface area contributed by atoms with Gasteiger partial charge in [-0.1, -0.05) is 32.3 Å². The molecule has 1 saturated heterocycles. The third-order valence-corrected chi connectivity index (χ3v) is 6.48. The van der Waals surface area contributed by atoms with Crippen LogP contribution in [0.15, 0.2) is 27.9 Å². The van der Waals surface area contributed by atoms with Gasteiger partial charge in [-0.05, 0) is 42.4 Å². The summed E-state index contributed by atoms with van der Waals surface area (Å²) in [5.41, 5.74) is 2.65. The number of H-pyrrole nitrogens is 1. The van der Waals surface area contributed by atoms with Gasteiger partial charge in [0.25, 0.3) is 11.1 Å². The lowest BCUT2D eigenvalue weighted by Gasteiger charge is -2.21. The normalized spacial score (nSPS) is 18.1. The van der Waals surface area contributed by atoms with Gasteiger partial charge in [-0.15, -0.1) is 0 Å². The first kappa shape index (κ1) is 16.4. The zero-order valence-corrected chi connectivity index (χ0v) is 15.7. The average molecular weight is 357 g/mol. The molecule has 25 heavy (non-hydrogen) atoms. The Kier molecular flexibility index (Phi) is 3.95. The van der Waals surface area contributed by atoms with Crippen molar-refractivity contribution in [3.8, 4) is 0 Å². The Balaban J connectivity index is 1.90. The fourth-order valence-corrected chi connectivity index (χ4v) is 4.90. The van der Waals surface area contributed by atoms with E-state index in [0.29, 0.717) is 5.92 Å². The molecule has 1 N–H and O–H groups in total. The number of nitrogens with zero attached hydrogens (tertiary/aromatic N) is 2. The quantitative estimate of drug-likeness (QED) is 0.783. The molecule has 0 radical (unpaired) electrons. The van der Waals surface area contributed by atoms with Crippen LogP contribution in [0.4, 0.5) is 5.69 Å². The van der Waals surface area contributed by atoms with Crippen molar-refractivity contribution in [1.29, 1.82) is 0 Å². The number of aromatic nitrogens is 2. The van der Waals surface area contributed by atoms with Crippen molar-refractivity contribution in [2.24, 2.45) is 11.8 Å². The van der Waals surface area contributed by atoms with E-state index >= 15 is 0 Å². The number of fused-ring (bicyclic) bond motifs is 2. The molecule has 5 nitrogen and oxygen atoms in total. The van der Waals surface area contributed by atoms with E-state index in [-0.39, 0.29) is 16.5 Å². The van der Waals surface area contributed by atoms with Crippen molar-refractivity contribution in [2.75, 3.05) is 18.0 Å². The van der Waals surface area contributed by atoms with Crippen LogP contribution in [0.2, 0.25) is 0 Å². The van der Waals surface area contributed by atoms with Crippen LogP contribution < -0.4 is 16.0 Å². The third-order valence-electron chi connectivity index (χ3n) is 5.54. The number of anilines is 1. The Hall–Kier alpha value is -2.08. The predicted molar refractivity (Wildman–Crippen MR) is 104 cm³/mol. The van der Waals surface area contributed by atoms with Crippen molar-refractivity contribution in [1.82, 2.24) is 8.77 Å². The molecule has 1 atom stereocenters. The fourth-order valence-electron chi connectivity index (χ4n) is 3.95. The van der Waals surface area contributed by atoms with E-state index in [1.807, 2.05) is 12.3 Å². The van der Waals surface area contributed by atoms with Crippen LogP contribution in [-0.2, 0) is 6.42 Å². The fraction of sp³-hybridized carbons (Fsp3) is 0.474. The topological polar surface area (TPSA) is 57.6 Å². The third kappa shape index (κ3) is 2.51. The first-order valence-corrected chi connectivity index (χ1v) is 9.76. The van der Waals surface area contributed by atoms with Crippen molar-refractivity contribution in [3.05, 3.63) is 44.6 Å². The Bertz CT molecular complexity index is 1060. The summed E-state index contributed by atoms with van der Waals surface area (Å²) < 4.78 is 5.15. The molecule has 4 rings (SSSR count). The summed E-state index contributed by atoms with van der Waals surface area (Å²) in [5, 5.41) is 0.285. The van der Waals surface area contributed by atoms with Gasteiger partial charge in [0.1, 0.15) is 5.39 Å². The number of aromatic amines is 1. The highest BCUT2D eigenvalue weighted by Crippen LogP contribution is 2.30. The molecule has 0 amide bonds. The first-order chi connectivity index (χ1) is 12.0. The SMILES string of the molecule is CCc1c2s[nH]c(=O)c2c(=O)n2ccc(N3CCC(C(C)C)C3)cc12. The number of hydrogen-bond acceptors (Lipinski definition) is 4.